The standard InChI is InChI=1S/C14H22O3/c15-13(10-6-2-1-3-7-10)11-8-4-5-9-12(11)14(16)17/h10-12H,1-9H2,(H,16,17)/p-1. The molecule has 2 rings (SSSR count). The minimum absolute atomic E-state index is 0.133. The van der Waals surface area contributed by atoms with Crippen LogP contribution in [0, 0.1) is 17.8 Å². The third-order valence-electron chi connectivity index (χ3n) is 4.44. The number of carbonyl (C=O) groups excluding carboxylic acids is 2. The molecule has 0 N–H and O–H groups in total. The molecule has 2 saturated carbocycles. The molecule has 0 radical (unpaired) electrons. The molecule has 0 heterocycles. The lowest BCUT2D eigenvalue weighted by atomic mass is 9.71. The highest BCUT2D eigenvalue weighted by Gasteiger charge is 2.35. The Morgan fingerprint density at radius 1 is 0.765 bits per heavy atom. The van der Waals surface area contributed by atoms with E-state index in [9.17, 15) is 14.7 Å². The van der Waals surface area contributed by atoms with E-state index in [4.69, 9.17) is 0 Å². The first kappa shape index (κ1) is 12.6. The van der Waals surface area contributed by atoms with Gasteiger partial charge in [-0.25, -0.2) is 0 Å². The van der Waals surface area contributed by atoms with Crippen LogP contribution in [0.15, 0.2) is 0 Å². The largest absolute Gasteiger partial charge is 0.550 e. The number of ketones is 1. The number of carboxylic acid groups (broad SMARTS) is 1. The molecule has 96 valence electrons. The van der Waals surface area contributed by atoms with E-state index >= 15 is 0 Å². The zero-order chi connectivity index (χ0) is 12.3. The van der Waals surface area contributed by atoms with Crippen molar-refractivity contribution in [2.45, 2.75) is 57.8 Å². The molecule has 0 amide bonds. The molecule has 0 saturated heterocycles. The van der Waals surface area contributed by atoms with Gasteiger partial charge in [-0.3, -0.25) is 4.79 Å². The number of carbonyl (C=O) groups is 2. The lowest BCUT2D eigenvalue weighted by Crippen LogP contribution is -2.42. The maximum Gasteiger partial charge on any atom is 0.139 e. The Kier molecular flexibility index (Phi) is 4.19. The first-order chi connectivity index (χ1) is 8.20. The Morgan fingerprint density at radius 3 is 1.88 bits per heavy atom. The summed E-state index contributed by atoms with van der Waals surface area (Å²) in [6, 6.07) is 0. The third kappa shape index (κ3) is 2.88. The van der Waals surface area contributed by atoms with Gasteiger partial charge in [0.2, 0.25) is 0 Å². The van der Waals surface area contributed by atoms with E-state index in [1.54, 1.807) is 0 Å². The predicted octanol–water partition coefficient (Wildman–Crippen LogP) is 1.69. The fourth-order valence-corrected chi connectivity index (χ4v) is 3.44. The molecule has 2 aliphatic rings. The molecule has 0 aromatic rings. The van der Waals surface area contributed by atoms with E-state index in [-0.39, 0.29) is 17.6 Å². The van der Waals surface area contributed by atoms with Crippen molar-refractivity contribution in [1.29, 1.82) is 0 Å². The van der Waals surface area contributed by atoms with Crippen LogP contribution < -0.4 is 5.11 Å². The van der Waals surface area contributed by atoms with Gasteiger partial charge >= 0.3 is 0 Å². The van der Waals surface area contributed by atoms with E-state index in [1.807, 2.05) is 0 Å². The summed E-state index contributed by atoms with van der Waals surface area (Å²) in [4.78, 5) is 23.5. The van der Waals surface area contributed by atoms with Gasteiger partial charge in [-0.15, -0.1) is 0 Å². The lowest BCUT2D eigenvalue weighted by molar-refractivity contribution is -0.314. The van der Waals surface area contributed by atoms with Crippen molar-refractivity contribution >= 4 is 11.8 Å². The van der Waals surface area contributed by atoms with Crippen molar-refractivity contribution in [3.63, 3.8) is 0 Å². The Bertz CT molecular complexity index is 292. The van der Waals surface area contributed by atoms with Crippen LogP contribution in [0.2, 0.25) is 0 Å². The highest BCUT2D eigenvalue weighted by Crippen LogP contribution is 2.35. The maximum absolute atomic E-state index is 12.4. The van der Waals surface area contributed by atoms with Gasteiger partial charge in [0.1, 0.15) is 5.78 Å². The molecule has 2 unspecified atom stereocenters. The van der Waals surface area contributed by atoms with Crippen LogP contribution in [0.25, 0.3) is 0 Å². The molecule has 0 aromatic carbocycles. The smallest absolute Gasteiger partial charge is 0.139 e. The Hall–Kier alpha value is -0.860. The zero-order valence-electron chi connectivity index (χ0n) is 10.3. The van der Waals surface area contributed by atoms with Crippen LogP contribution >= 0.6 is 0 Å². The highest BCUT2D eigenvalue weighted by atomic mass is 16.4. The van der Waals surface area contributed by atoms with Gasteiger partial charge in [-0.05, 0) is 25.7 Å². The summed E-state index contributed by atoms with van der Waals surface area (Å²) >= 11 is 0. The normalized spacial score (nSPS) is 31.1. The highest BCUT2D eigenvalue weighted by molar-refractivity contribution is 5.87. The van der Waals surface area contributed by atoms with E-state index in [0.717, 1.165) is 44.9 Å². The third-order valence-corrected chi connectivity index (χ3v) is 4.44. The summed E-state index contributed by atoms with van der Waals surface area (Å²) in [6.45, 7) is 0. The van der Waals surface area contributed by atoms with Gasteiger partial charge in [0.25, 0.3) is 0 Å². The second kappa shape index (κ2) is 5.65. The Labute approximate surface area is 103 Å². The fourth-order valence-electron chi connectivity index (χ4n) is 3.44. The van der Waals surface area contributed by atoms with E-state index in [1.165, 1.54) is 6.42 Å². The van der Waals surface area contributed by atoms with Crippen LogP contribution in [0.5, 0.6) is 0 Å². The number of hydrogen-bond acceptors (Lipinski definition) is 3. The van der Waals surface area contributed by atoms with Crippen molar-refractivity contribution in [3.05, 3.63) is 0 Å². The summed E-state index contributed by atoms with van der Waals surface area (Å²) < 4.78 is 0. The number of Topliss-reactive ketones (excluding diaryl/α,β-unsaturated/α-hetero) is 1. The number of rotatable bonds is 3. The molecule has 0 bridgehead atoms. The summed E-state index contributed by atoms with van der Waals surface area (Å²) in [5, 5.41) is 11.1. The quantitative estimate of drug-likeness (QED) is 0.750. The van der Waals surface area contributed by atoms with Crippen LogP contribution in [0.3, 0.4) is 0 Å². The van der Waals surface area contributed by atoms with E-state index in [2.05, 4.69) is 0 Å². The number of aliphatic carboxylic acids is 1. The maximum atomic E-state index is 12.4. The first-order valence-electron chi connectivity index (χ1n) is 6.94. The molecular weight excluding hydrogens is 216 g/mol. The second-order valence-corrected chi connectivity index (χ2v) is 5.55. The molecule has 3 nitrogen and oxygen atoms in total. The molecule has 0 spiro atoms. The van der Waals surface area contributed by atoms with Gasteiger partial charge < -0.3 is 9.90 Å². The number of hydrogen-bond donors (Lipinski definition) is 0. The van der Waals surface area contributed by atoms with Crippen molar-refractivity contribution in [3.8, 4) is 0 Å². The van der Waals surface area contributed by atoms with Crippen LogP contribution in [-0.4, -0.2) is 11.8 Å². The molecule has 2 atom stereocenters. The monoisotopic (exact) mass is 237 g/mol. The molecule has 2 aliphatic carbocycles. The first-order valence-corrected chi connectivity index (χ1v) is 6.94. The summed E-state index contributed by atoms with van der Waals surface area (Å²) in [5.41, 5.74) is 0. The van der Waals surface area contributed by atoms with Crippen molar-refractivity contribution in [2.24, 2.45) is 17.8 Å². The van der Waals surface area contributed by atoms with Crippen LogP contribution in [-0.2, 0) is 9.59 Å². The average Bonchev–Trinajstić information content (AvgIpc) is 2.39. The zero-order valence-corrected chi connectivity index (χ0v) is 10.3. The van der Waals surface area contributed by atoms with Gasteiger partial charge in [0.05, 0.1) is 0 Å². The molecule has 2 fully saturated rings. The molecule has 0 aliphatic heterocycles. The molecule has 0 aromatic heterocycles. The minimum Gasteiger partial charge on any atom is -0.550 e. The summed E-state index contributed by atoms with van der Waals surface area (Å²) in [5.74, 6) is -1.43. The Balaban J connectivity index is 2.02. The molecule has 17 heavy (non-hydrogen) atoms. The van der Waals surface area contributed by atoms with Gasteiger partial charge in [-0.2, -0.15) is 0 Å². The molecular formula is C14H21O3-. The number of carboxylic acids is 1. The minimum atomic E-state index is -1.01. The van der Waals surface area contributed by atoms with Crippen LogP contribution in [0.1, 0.15) is 57.8 Å². The van der Waals surface area contributed by atoms with Crippen molar-refractivity contribution in [2.75, 3.05) is 0 Å². The van der Waals surface area contributed by atoms with Gasteiger partial charge in [0.15, 0.2) is 0 Å². The predicted molar refractivity (Wildman–Crippen MR) is 62.0 cm³/mol. The van der Waals surface area contributed by atoms with Gasteiger partial charge in [0, 0.05) is 23.7 Å². The summed E-state index contributed by atoms with van der Waals surface area (Å²) in [6.07, 6.45) is 8.71. The van der Waals surface area contributed by atoms with Crippen LogP contribution in [0.4, 0.5) is 0 Å². The SMILES string of the molecule is O=C([O-])C1CCCCC1C(=O)C1CCCCC1. The average molecular weight is 237 g/mol. The summed E-state index contributed by atoms with van der Waals surface area (Å²) in [7, 11) is 0. The van der Waals surface area contributed by atoms with E-state index < -0.39 is 11.9 Å². The molecule has 3 heteroatoms. The fraction of sp³-hybridized carbons (Fsp3) is 0.857. The van der Waals surface area contributed by atoms with Gasteiger partial charge in [-0.1, -0.05) is 32.1 Å². The Morgan fingerprint density at radius 2 is 1.29 bits per heavy atom. The second-order valence-electron chi connectivity index (χ2n) is 5.55. The lowest BCUT2D eigenvalue weighted by Gasteiger charge is -2.34. The van der Waals surface area contributed by atoms with E-state index in [0.29, 0.717) is 6.42 Å². The van der Waals surface area contributed by atoms with Crippen molar-refractivity contribution in [1.82, 2.24) is 0 Å². The van der Waals surface area contributed by atoms with Crippen molar-refractivity contribution < 1.29 is 14.7 Å². The topological polar surface area (TPSA) is 57.2 Å².